The first kappa shape index (κ1) is 20.0. The molecule has 0 aliphatic carbocycles. The minimum absolute atomic E-state index is 0.319. The Hall–Kier alpha value is -2.71. The van der Waals surface area contributed by atoms with Crippen molar-refractivity contribution in [1.29, 1.82) is 0 Å². The van der Waals surface area contributed by atoms with Crippen molar-refractivity contribution in [2.45, 2.75) is 13.8 Å². The molecule has 2 heterocycles. The van der Waals surface area contributed by atoms with Crippen LogP contribution in [-0.2, 0) is 4.74 Å². The van der Waals surface area contributed by atoms with E-state index >= 15 is 0 Å². The molecule has 1 aromatic heterocycles. The highest BCUT2D eigenvalue weighted by Crippen LogP contribution is 2.21. The minimum Gasteiger partial charge on any atom is -0.462 e. The van der Waals surface area contributed by atoms with Gasteiger partial charge in [0.25, 0.3) is 0 Å². The van der Waals surface area contributed by atoms with Gasteiger partial charge in [0.1, 0.15) is 23.8 Å². The lowest BCUT2D eigenvalue weighted by Crippen LogP contribution is -2.37. The quantitative estimate of drug-likeness (QED) is 0.321. The fourth-order valence-corrected chi connectivity index (χ4v) is 2.97. The molecule has 2 aromatic rings. The van der Waals surface area contributed by atoms with Crippen molar-refractivity contribution in [3.05, 3.63) is 46.6 Å². The Morgan fingerprint density at radius 2 is 2.00 bits per heavy atom. The number of nitrogens with one attached hydrogen (secondary N) is 1. The van der Waals surface area contributed by atoms with Crippen LogP contribution in [-0.4, -0.2) is 62.2 Å². The van der Waals surface area contributed by atoms with Crippen LogP contribution in [0.2, 0.25) is 0 Å². The predicted molar refractivity (Wildman–Crippen MR) is 110 cm³/mol. The van der Waals surface area contributed by atoms with E-state index < -0.39 is 0 Å². The van der Waals surface area contributed by atoms with Crippen LogP contribution in [0.5, 0.6) is 6.01 Å². The Balaban J connectivity index is 1.98. The Bertz CT molecular complexity index is 833. The summed E-state index contributed by atoms with van der Waals surface area (Å²) in [6, 6.07) is 8.37. The van der Waals surface area contributed by atoms with Gasteiger partial charge >= 0.3 is 6.01 Å². The first-order valence-electron chi connectivity index (χ1n) is 9.47. The number of anilines is 1. The van der Waals surface area contributed by atoms with Crippen LogP contribution >= 0.6 is 0 Å². The lowest BCUT2D eigenvalue weighted by Gasteiger charge is -2.28. The average molecular weight is 384 g/mol. The number of nitrogens with two attached hydrogens (primary N) is 1. The molecule has 1 saturated heterocycles. The lowest BCUT2D eigenvalue weighted by molar-refractivity contribution is 0.122. The summed E-state index contributed by atoms with van der Waals surface area (Å²) in [7, 11) is 1.87. The number of morpholine rings is 1. The monoisotopic (exact) mass is 384 g/mol. The normalized spacial score (nSPS) is 15.0. The second-order valence-electron chi connectivity index (χ2n) is 6.72. The van der Waals surface area contributed by atoms with Gasteiger partial charge in [0.05, 0.1) is 13.2 Å². The van der Waals surface area contributed by atoms with E-state index in [-0.39, 0.29) is 0 Å². The van der Waals surface area contributed by atoms with Crippen LogP contribution < -0.4 is 20.8 Å². The molecule has 0 saturated carbocycles. The number of hydrazone groups is 1. The zero-order chi connectivity index (χ0) is 19.9. The Morgan fingerprint density at radius 3 is 2.68 bits per heavy atom. The number of aromatic nitrogens is 2. The van der Waals surface area contributed by atoms with Gasteiger partial charge in [-0.1, -0.05) is 12.1 Å². The molecule has 8 heteroatoms. The van der Waals surface area contributed by atoms with Gasteiger partial charge in [-0.05, 0) is 38.1 Å². The fraction of sp³-hybridized carbons (Fsp3) is 0.450. The van der Waals surface area contributed by atoms with E-state index in [1.807, 2.05) is 19.2 Å². The highest BCUT2D eigenvalue weighted by molar-refractivity contribution is 6.12. The van der Waals surface area contributed by atoms with E-state index in [0.29, 0.717) is 43.8 Å². The molecule has 0 atom stereocenters. The van der Waals surface area contributed by atoms with Crippen molar-refractivity contribution >= 4 is 11.5 Å². The fourth-order valence-electron chi connectivity index (χ4n) is 2.97. The van der Waals surface area contributed by atoms with Gasteiger partial charge in [-0.2, -0.15) is 15.1 Å². The van der Waals surface area contributed by atoms with Crippen LogP contribution in [0.1, 0.15) is 22.4 Å². The van der Waals surface area contributed by atoms with Crippen LogP contribution in [0.3, 0.4) is 0 Å². The molecule has 1 aromatic carbocycles. The number of rotatable bonds is 7. The maximum absolute atomic E-state index is 5.77. The summed E-state index contributed by atoms with van der Waals surface area (Å²) >= 11 is 0. The van der Waals surface area contributed by atoms with Crippen LogP contribution in [0.25, 0.3) is 0 Å². The lowest BCUT2D eigenvalue weighted by atomic mass is 10.0. The highest BCUT2D eigenvalue weighted by atomic mass is 16.5. The van der Waals surface area contributed by atoms with E-state index in [4.69, 9.17) is 15.3 Å². The molecule has 1 aliphatic rings. The molecular formula is C20H28N6O2. The predicted octanol–water partition coefficient (Wildman–Crippen LogP) is 1.24. The number of nitrogens with zero attached hydrogens (tertiary/aromatic N) is 4. The summed E-state index contributed by atoms with van der Waals surface area (Å²) < 4.78 is 11.2. The topological polar surface area (TPSA) is 97.9 Å². The van der Waals surface area contributed by atoms with E-state index in [0.717, 1.165) is 24.5 Å². The van der Waals surface area contributed by atoms with E-state index in [1.54, 1.807) is 0 Å². The first-order chi connectivity index (χ1) is 13.6. The summed E-state index contributed by atoms with van der Waals surface area (Å²) in [4.78, 5) is 11.3. The molecule has 0 radical (unpaired) electrons. The molecule has 0 amide bonds. The van der Waals surface area contributed by atoms with Gasteiger partial charge < -0.3 is 25.5 Å². The van der Waals surface area contributed by atoms with E-state index in [9.17, 15) is 0 Å². The number of hydrogen-bond acceptors (Lipinski definition) is 8. The molecule has 28 heavy (non-hydrogen) atoms. The highest BCUT2D eigenvalue weighted by Gasteiger charge is 2.19. The summed E-state index contributed by atoms with van der Waals surface area (Å²) in [5.74, 6) is 6.56. The van der Waals surface area contributed by atoms with Gasteiger partial charge in [-0.25, -0.2) is 0 Å². The van der Waals surface area contributed by atoms with E-state index in [1.165, 1.54) is 11.1 Å². The van der Waals surface area contributed by atoms with Crippen molar-refractivity contribution < 1.29 is 9.47 Å². The second kappa shape index (κ2) is 9.48. The number of ether oxygens (including phenoxy) is 2. The van der Waals surface area contributed by atoms with Crippen LogP contribution in [0.15, 0.2) is 29.4 Å². The van der Waals surface area contributed by atoms with Crippen molar-refractivity contribution in [3.63, 3.8) is 0 Å². The smallest absolute Gasteiger partial charge is 0.319 e. The molecule has 3 rings (SSSR count). The molecule has 0 unspecified atom stereocenters. The molecule has 150 valence electrons. The van der Waals surface area contributed by atoms with Gasteiger partial charge in [0.2, 0.25) is 0 Å². The van der Waals surface area contributed by atoms with Gasteiger partial charge in [0, 0.05) is 31.3 Å². The molecule has 0 spiro atoms. The first-order valence-corrected chi connectivity index (χ1v) is 9.47. The van der Waals surface area contributed by atoms with Crippen molar-refractivity contribution in [1.82, 2.24) is 15.3 Å². The molecule has 1 aliphatic heterocycles. The van der Waals surface area contributed by atoms with Crippen molar-refractivity contribution in [3.8, 4) is 6.01 Å². The third-order valence-electron chi connectivity index (χ3n) is 4.76. The summed E-state index contributed by atoms with van der Waals surface area (Å²) in [5, 5.41) is 7.09. The standard InChI is InChI=1S/C20H28N6O2/c1-14-4-5-16(12-15(14)2)19(25-21)17-13-18(26-7-10-27-11-8-26)24-20(23-17)28-9-6-22-3/h4-5,12-13,22H,6-11,21H2,1-3H3/b25-19-. The Morgan fingerprint density at radius 1 is 1.21 bits per heavy atom. The molecule has 0 bridgehead atoms. The second-order valence-corrected chi connectivity index (χ2v) is 6.72. The maximum atomic E-state index is 5.77. The van der Waals surface area contributed by atoms with Gasteiger partial charge in [-0.15, -0.1) is 0 Å². The van der Waals surface area contributed by atoms with Crippen molar-refractivity contribution in [2.24, 2.45) is 10.9 Å². The maximum Gasteiger partial charge on any atom is 0.319 e. The zero-order valence-electron chi connectivity index (χ0n) is 16.7. The van der Waals surface area contributed by atoms with Gasteiger partial charge in [0.15, 0.2) is 0 Å². The molecular weight excluding hydrogens is 356 g/mol. The Kier molecular flexibility index (Phi) is 6.78. The Labute approximate surface area is 165 Å². The third-order valence-corrected chi connectivity index (χ3v) is 4.76. The number of benzene rings is 1. The SMILES string of the molecule is CNCCOc1nc(/C(=N\N)c2ccc(C)c(C)c2)cc(N2CCOCC2)n1. The molecule has 8 nitrogen and oxygen atoms in total. The van der Waals surface area contributed by atoms with Gasteiger partial charge in [-0.3, -0.25) is 0 Å². The zero-order valence-corrected chi connectivity index (χ0v) is 16.7. The summed E-state index contributed by atoms with van der Waals surface area (Å²) in [6.45, 7) is 8.20. The molecule has 3 N–H and O–H groups in total. The van der Waals surface area contributed by atoms with Crippen LogP contribution in [0, 0.1) is 13.8 Å². The summed E-state index contributed by atoms with van der Waals surface area (Å²) in [6.07, 6.45) is 0. The number of aryl methyl sites for hydroxylation is 2. The average Bonchev–Trinajstić information content (AvgIpc) is 2.72. The summed E-state index contributed by atoms with van der Waals surface area (Å²) in [5.41, 5.74) is 4.55. The largest absolute Gasteiger partial charge is 0.462 e. The minimum atomic E-state index is 0.319. The number of hydrogen-bond donors (Lipinski definition) is 2. The van der Waals surface area contributed by atoms with Crippen molar-refractivity contribution in [2.75, 3.05) is 51.4 Å². The molecule has 1 fully saturated rings. The third kappa shape index (κ3) is 4.76. The number of likely N-dealkylation sites (N-methyl/N-ethyl adjacent to an activating group) is 1. The van der Waals surface area contributed by atoms with Crippen LogP contribution in [0.4, 0.5) is 5.82 Å². The van der Waals surface area contributed by atoms with E-state index in [2.05, 4.69) is 51.3 Å².